The molecule has 0 heterocycles. The molecule has 0 saturated heterocycles. The molecule has 0 aromatic heterocycles. The molecule has 0 unspecified atom stereocenters. The van der Waals surface area contributed by atoms with E-state index >= 15 is 0 Å². The van der Waals surface area contributed by atoms with Gasteiger partial charge < -0.3 is 15.7 Å². The Hall–Kier alpha value is -2.81. The lowest BCUT2D eigenvalue weighted by molar-refractivity contribution is -0.136. The molecule has 21 heavy (non-hydrogen) atoms. The number of carbonyl (C=O) groups is 2. The Morgan fingerprint density at radius 3 is 2.67 bits per heavy atom. The number of aliphatic carboxylic acids is 1. The Bertz CT molecular complexity index is 615. The Labute approximate surface area is 123 Å². The summed E-state index contributed by atoms with van der Waals surface area (Å²) in [5.41, 5.74) is 2.80. The molecule has 0 atom stereocenters. The highest BCUT2D eigenvalue weighted by atomic mass is 16.4. The normalized spacial score (nSPS) is 10.6. The fourth-order valence-corrected chi connectivity index (χ4v) is 1.65. The molecule has 0 saturated carbocycles. The molecule has 0 aliphatic carbocycles. The number of benzene rings is 1. The van der Waals surface area contributed by atoms with Crippen LogP contribution in [0.3, 0.4) is 0 Å². The lowest BCUT2D eigenvalue weighted by Gasteiger charge is -2.07. The SMILES string of the molecule is Cc1ccc(N/C=C(/C#N)C(=O)NCCC(=O)O)c(C)c1. The van der Waals surface area contributed by atoms with Gasteiger partial charge in [0.15, 0.2) is 0 Å². The van der Waals surface area contributed by atoms with Gasteiger partial charge in [0.25, 0.3) is 5.91 Å². The second kappa shape index (κ2) is 7.70. The Balaban J connectivity index is 2.69. The monoisotopic (exact) mass is 287 g/mol. The quantitative estimate of drug-likeness (QED) is 0.546. The van der Waals surface area contributed by atoms with Gasteiger partial charge in [-0.1, -0.05) is 17.7 Å². The molecular weight excluding hydrogens is 270 g/mol. The second-order valence-electron chi connectivity index (χ2n) is 4.53. The van der Waals surface area contributed by atoms with Gasteiger partial charge in [0.1, 0.15) is 11.6 Å². The molecule has 1 rings (SSSR count). The molecule has 0 aliphatic rings. The van der Waals surface area contributed by atoms with Crippen LogP contribution < -0.4 is 10.6 Å². The maximum absolute atomic E-state index is 11.7. The standard InChI is InChI=1S/C15H17N3O3/c1-10-3-4-13(11(2)7-10)18-9-12(8-16)15(21)17-6-5-14(19)20/h3-4,7,9,18H,5-6H2,1-2H3,(H,17,21)(H,19,20)/b12-9-. The third-order valence-electron chi connectivity index (χ3n) is 2.74. The molecule has 0 bridgehead atoms. The highest BCUT2D eigenvalue weighted by molar-refractivity contribution is 5.97. The summed E-state index contributed by atoms with van der Waals surface area (Å²) in [6, 6.07) is 7.54. The minimum Gasteiger partial charge on any atom is -0.481 e. The van der Waals surface area contributed by atoms with E-state index in [1.165, 1.54) is 6.20 Å². The van der Waals surface area contributed by atoms with E-state index < -0.39 is 11.9 Å². The van der Waals surface area contributed by atoms with Crippen molar-refractivity contribution in [3.05, 3.63) is 41.1 Å². The van der Waals surface area contributed by atoms with E-state index in [9.17, 15) is 9.59 Å². The van der Waals surface area contributed by atoms with Crippen LogP contribution in [0.25, 0.3) is 0 Å². The lowest BCUT2D eigenvalue weighted by atomic mass is 10.1. The summed E-state index contributed by atoms with van der Waals surface area (Å²) >= 11 is 0. The van der Waals surface area contributed by atoms with Crippen LogP contribution in [0.15, 0.2) is 30.0 Å². The van der Waals surface area contributed by atoms with Gasteiger partial charge in [-0.25, -0.2) is 0 Å². The van der Waals surface area contributed by atoms with Crippen molar-refractivity contribution in [3.8, 4) is 6.07 Å². The smallest absolute Gasteiger partial charge is 0.305 e. The number of carboxylic acid groups (broad SMARTS) is 1. The summed E-state index contributed by atoms with van der Waals surface area (Å²) in [5.74, 6) is -1.61. The number of hydrogen-bond donors (Lipinski definition) is 3. The second-order valence-corrected chi connectivity index (χ2v) is 4.53. The summed E-state index contributed by atoms with van der Waals surface area (Å²) in [5, 5.41) is 22.7. The first-order valence-electron chi connectivity index (χ1n) is 6.38. The van der Waals surface area contributed by atoms with Crippen molar-refractivity contribution in [1.82, 2.24) is 5.32 Å². The van der Waals surface area contributed by atoms with Crippen LogP contribution in [-0.2, 0) is 9.59 Å². The highest BCUT2D eigenvalue weighted by Gasteiger charge is 2.09. The molecule has 1 aromatic carbocycles. The zero-order valence-electron chi connectivity index (χ0n) is 11.9. The number of anilines is 1. The maximum Gasteiger partial charge on any atom is 0.305 e. The number of carboxylic acids is 1. The highest BCUT2D eigenvalue weighted by Crippen LogP contribution is 2.16. The number of rotatable bonds is 6. The van der Waals surface area contributed by atoms with Gasteiger partial charge in [-0.05, 0) is 25.5 Å². The van der Waals surface area contributed by atoms with Gasteiger partial charge in [-0.15, -0.1) is 0 Å². The topological polar surface area (TPSA) is 102 Å². The Morgan fingerprint density at radius 1 is 1.38 bits per heavy atom. The summed E-state index contributed by atoms with van der Waals surface area (Å²) in [6.45, 7) is 3.88. The molecule has 0 spiro atoms. The van der Waals surface area contributed by atoms with E-state index in [1.807, 2.05) is 32.0 Å². The first kappa shape index (κ1) is 16.2. The number of amides is 1. The van der Waals surface area contributed by atoms with E-state index in [0.29, 0.717) is 0 Å². The fraction of sp³-hybridized carbons (Fsp3) is 0.267. The molecule has 0 fully saturated rings. The van der Waals surface area contributed by atoms with Crippen molar-refractivity contribution >= 4 is 17.6 Å². The molecular formula is C15H17N3O3. The number of carbonyl (C=O) groups excluding carboxylic acids is 1. The van der Waals surface area contributed by atoms with Crippen LogP contribution >= 0.6 is 0 Å². The van der Waals surface area contributed by atoms with Crippen LogP contribution in [0, 0.1) is 25.2 Å². The van der Waals surface area contributed by atoms with Gasteiger partial charge in [0, 0.05) is 18.4 Å². The van der Waals surface area contributed by atoms with Crippen LogP contribution in [-0.4, -0.2) is 23.5 Å². The summed E-state index contributed by atoms with van der Waals surface area (Å²) < 4.78 is 0. The third-order valence-corrected chi connectivity index (χ3v) is 2.74. The van der Waals surface area contributed by atoms with E-state index in [1.54, 1.807) is 6.07 Å². The maximum atomic E-state index is 11.7. The van der Waals surface area contributed by atoms with Crippen molar-refractivity contribution in [3.63, 3.8) is 0 Å². The number of nitrogens with zero attached hydrogens (tertiary/aromatic N) is 1. The Kier molecular flexibility index (Phi) is 5.96. The molecule has 6 heteroatoms. The third kappa shape index (κ3) is 5.37. The first-order valence-corrected chi connectivity index (χ1v) is 6.38. The molecule has 1 aromatic rings. The minimum atomic E-state index is -1.01. The van der Waals surface area contributed by atoms with Gasteiger partial charge in [0.05, 0.1) is 6.42 Å². The average molecular weight is 287 g/mol. The summed E-state index contributed by atoms with van der Waals surface area (Å²) in [4.78, 5) is 22.0. The number of nitrogens with one attached hydrogen (secondary N) is 2. The number of hydrogen-bond acceptors (Lipinski definition) is 4. The summed E-state index contributed by atoms with van der Waals surface area (Å²) in [7, 11) is 0. The zero-order valence-corrected chi connectivity index (χ0v) is 11.9. The van der Waals surface area contributed by atoms with Crippen molar-refractivity contribution < 1.29 is 14.7 Å². The first-order chi connectivity index (χ1) is 9.93. The zero-order chi connectivity index (χ0) is 15.8. The van der Waals surface area contributed by atoms with Gasteiger partial charge >= 0.3 is 5.97 Å². The van der Waals surface area contributed by atoms with Crippen molar-refractivity contribution in [1.29, 1.82) is 5.26 Å². The van der Waals surface area contributed by atoms with Gasteiger partial charge in [0.2, 0.25) is 0 Å². The van der Waals surface area contributed by atoms with Crippen LogP contribution in [0.1, 0.15) is 17.5 Å². The fourth-order valence-electron chi connectivity index (χ4n) is 1.65. The van der Waals surface area contributed by atoms with Crippen LogP contribution in [0.4, 0.5) is 5.69 Å². The Morgan fingerprint density at radius 2 is 2.10 bits per heavy atom. The van der Waals surface area contributed by atoms with Crippen molar-refractivity contribution in [2.75, 3.05) is 11.9 Å². The van der Waals surface area contributed by atoms with Crippen LogP contribution in [0.5, 0.6) is 0 Å². The molecule has 0 aliphatic heterocycles. The number of aryl methyl sites for hydroxylation is 2. The predicted octanol–water partition coefficient (Wildman–Crippen LogP) is 1.71. The van der Waals surface area contributed by atoms with Crippen molar-refractivity contribution in [2.45, 2.75) is 20.3 Å². The molecule has 1 amide bonds. The van der Waals surface area contributed by atoms with E-state index in [4.69, 9.17) is 10.4 Å². The van der Waals surface area contributed by atoms with Gasteiger partial charge in [-0.2, -0.15) is 5.26 Å². The molecule has 3 N–H and O–H groups in total. The van der Waals surface area contributed by atoms with Crippen LogP contribution in [0.2, 0.25) is 0 Å². The number of nitriles is 1. The minimum absolute atomic E-state index is 0.0171. The largest absolute Gasteiger partial charge is 0.481 e. The van der Waals surface area contributed by atoms with Gasteiger partial charge in [-0.3, -0.25) is 9.59 Å². The van der Waals surface area contributed by atoms with E-state index in [2.05, 4.69) is 10.6 Å². The molecule has 110 valence electrons. The van der Waals surface area contributed by atoms with E-state index in [0.717, 1.165) is 16.8 Å². The molecule has 0 radical (unpaired) electrons. The lowest BCUT2D eigenvalue weighted by Crippen LogP contribution is -2.27. The molecule has 6 nitrogen and oxygen atoms in total. The predicted molar refractivity (Wildman–Crippen MR) is 78.5 cm³/mol. The summed E-state index contributed by atoms with van der Waals surface area (Å²) in [6.07, 6.45) is 1.13. The van der Waals surface area contributed by atoms with Crippen molar-refractivity contribution in [2.24, 2.45) is 0 Å². The average Bonchev–Trinajstić information content (AvgIpc) is 2.41. The van der Waals surface area contributed by atoms with E-state index in [-0.39, 0.29) is 18.5 Å².